The molecule has 2 aromatic heterocycles. The lowest BCUT2D eigenvalue weighted by Crippen LogP contribution is -2.04. The van der Waals surface area contributed by atoms with Crippen LogP contribution in [0, 0.1) is 0 Å². The van der Waals surface area contributed by atoms with Crippen LogP contribution in [0.5, 0.6) is 11.5 Å². The maximum atomic E-state index is 11.9. The van der Waals surface area contributed by atoms with E-state index in [2.05, 4.69) is 15.2 Å². The summed E-state index contributed by atoms with van der Waals surface area (Å²) in [5.74, 6) is 1.23. The zero-order chi connectivity index (χ0) is 15.6. The normalized spacial score (nSPS) is 10.8. The molecule has 0 saturated carbocycles. The number of nitrogens with one attached hydrogen (secondary N) is 2. The zero-order valence-electron chi connectivity index (χ0n) is 12.1. The van der Waals surface area contributed by atoms with Crippen LogP contribution >= 0.6 is 0 Å². The molecule has 2 N–H and O–H groups in total. The van der Waals surface area contributed by atoms with E-state index in [1.807, 2.05) is 54.7 Å². The highest BCUT2D eigenvalue weighted by atomic mass is 16.5. The van der Waals surface area contributed by atoms with Gasteiger partial charge in [-0.25, -0.2) is 0 Å². The smallest absolute Gasteiger partial charge is 0.252 e. The molecule has 0 aliphatic rings. The molecule has 0 spiro atoms. The van der Waals surface area contributed by atoms with Crippen molar-refractivity contribution in [1.29, 1.82) is 0 Å². The van der Waals surface area contributed by atoms with Crippen LogP contribution in [-0.2, 0) is 0 Å². The number of nitrogens with zero attached hydrogens (tertiary/aromatic N) is 1. The lowest BCUT2D eigenvalue weighted by molar-refractivity contribution is 0.487. The number of para-hydroxylation sites is 1. The van der Waals surface area contributed by atoms with Gasteiger partial charge in [0.1, 0.15) is 11.5 Å². The molecule has 5 nitrogen and oxygen atoms in total. The molecular weight excluding hydrogens is 290 g/mol. The number of fused-ring (bicyclic) bond motifs is 1. The molecule has 0 bridgehead atoms. The Morgan fingerprint density at radius 2 is 1.83 bits per heavy atom. The number of H-pyrrole nitrogens is 2. The molecule has 0 fully saturated rings. The van der Waals surface area contributed by atoms with Crippen LogP contribution in [0.15, 0.2) is 71.8 Å². The van der Waals surface area contributed by atoms with Gasteiger partial charge in [0.25, 0.3) is 5.56 Å². The first kappa shape index (κ1) is 13.3. The molecule has 0 radical (unpaired) electrons. The molecule has 0 unspecified atom stereocenters. The minimum atomic E-state index is -0.201. The van der Waals surface area contributed by atoms with Gasteiger partial charge < -0.3 is 9.72 Å². The van der Waals surface area contributed by atoms with Gasteiger partial charge in [-0.2, -0.15) is 5.10 Å². The van der Waals surface area contributed by atoms with E-state index < -0.39 is 0 Å². The summed E-state index contributed by atoms with van der Waals surface area (Å²) in [7, 11) is 0. The average Bonchev–Trinajstić information content (AvgIpc) is 3.09. The second-order valence-electron chi connectivity index (χ2n) is 5.16. The Balaban J connectivity index is 1.84. The quantitative estimate of drug-likeness (QED) is 0.606. The highest BCUT2D eigenvalue weighted by Gasteiger charge is 2.08. The predicted octanol–water partition coefficient (Wildman–Crippen LogP) is 3.71. The minimum absolute atomic E-state index is 0.201. The maximum Gasteiger partial charge on any atom is 0.252 e. The van der Waals surface area contributed by atoms with Crippen LogP contribution in [0.2, 0.25) is 0 Å². The minimum Gasteiger partial charge on any atom is -0.456 e. The highest BCUT2D eigenvalue weighted by molar-refractivity contribution is 5.88. The summed E-state index contributed by atoms with van der Waals surface area (Å²) in [4.78, 5) is 14.8. The summed E-state index contributed by atoms with van der Waals surface area (Å²) in [6, 6.07) is 16.7. The third kappa shape index (κ3) is 2.60. The van der Waals surface area contributed by atoms with Gasteiger partial charge in [0.2, 0.25) is 0 Å². The summed E-state index contributed by atoms with van der Waals surface area (Å²) in [6.45, 7) is 0. The fourth-order valence-electron chi connectivity index (χ4n) is 2.52. The van der Waals surface area contributed by atoms with E-state index in [0.29, 0.717) is 11.5 Å². The van der Waals surface area contributed by atoms with E-state index in [4.69, 9.17) is 4.74 Å². The van der Waals surface area contributed by atoms with Crippen molar-refractivity contribution in [3.8, 4) is 22.6 Å². The van der Waals surface area contributed by atoms with Gasteiger partial charge in [-0.1, -0.05) is 24.3 Å². The van der Waals surface area contributed by atoms with Crippen molar-refractivity contribution in [2.45, 2.75) is 0 Å². The Morgan fingerprint density at radius 3 is 2.61 bits per heavy atom. The Bertz CT molecular complexity index is 1010. The molecule has 0 amide bonds. The van der Waals surface area contributed by atoms with Crippen LogP contribution in [0.1, 0.15) is 0 Å². The predicted molar refractivity (Wildman–Crippen MR) is 88.7 cm³/mol. The number of aromatic nitrogens is 3. The van der Waals surface area contributed by atoms with Crippen molar-refractivity contribution < 1.29 is 4.74 Å². The Kier molecular flexibility index (Phi) is 3.16. The van der Waals surface area contributed by atoms with E-state index in [9.17, 15) is 4.79 Å². The van der Waals surface area contributed by atoms with Crippen molar-refractivity contribution >= 4 is 10.9 Å². The lowest BCUT2D eigenvalue weighted by atomic mass is 10.1. The topological polar surface area (TPSA) is 70.8 Å². The Morgan fingerprint density at radius 1 is 0.957 bits per heavy atom. The van der Waals surface area contributed by atoms with Crippen molar-refractivity contribution in [3.63, 3.8) is 0 Å². The molecule has 2 aromatic carbocycles. The number of benzene rings is 2. The number of ether oxygens (including phenoxy) is 1. The van der Waals surface area contributed by atoms with Gasteiger partial charge >= 0.3 is 0 Å². The van der Waals surface area contributed by atoms with E-state index in [0.717, 1.165) is 22.0 Å². The number of aromatic amines is 2. The third-order valence-corrected chi connectivity index (χ3v) is 3.61. The standard InChI is InChI=1S/C18H13N3O2/c22-18-9-17(23-14-4-2-1-3-5-14)15-7-6-12(8-16(15)21-18)13-10-19-20-11-13/h1-11H,(H,19,20)(H,21,22). The second-order valence-corrected chi connectivity index (χ2v) is 5.16. The van der Waals surface area contributed by atoms with Crippen molar-refractivity contribution in [2.75, 3.05) is 0 Å². The van der Waals surface area contributed by atoms with Crippen molar-refractivity contribution in [3.05, 3.63) is 77.3 Å². The van der Waals surface area contributed by atoms with Crippen molar-refractivity contribution in [2.24, 2.45) is 0 Å². The Hall–Kier alpha value is -3.34. The fourth-order valence-corrected chi connectivity index (χ4v) is 2.52. The molecular formula is C18H13N3O2. The van der Waals surface area contributed by atoms with Crippen LogP contribution in [0.3, 0.4) is 0 Å². The zero-order valence-corrected chi connectivity index (χ0v) is 12.1. The first-order chi connectivity index (χ1) is 11.3. The average molecular weight is 303 g/mol. The monoisotopic (exact) mass is 303 g/mol. The number of hydrogen-bond acceptors (Lipinski definition) is 3. The largest absolute Gasteiger partial charge is 0.456 e. The van der Waals surface area contributed by atoms with Crippen LogP contribution in [-0.4, -0.2) is 15.2 Å². The van der Waals surface area contributed by atoms with E-state index >= 15 is 0 Å². The molecule has 0 atom stereocenters. The summed E-state index contributed by atoms with van der Waals surface area (Å²) in [5.41, 5.74) is 2.45. The molecule has 4 aromatic rings. The van der Waals surface area contributed by atoms with Gasteiger partial charge in [-0.05, 0) is 29.8 Å². The summed E-state index contributed by atoms with van der Waals surface area (Å²) < 4.78 is 5.86. The Labute approximate surface area is 131 Å². The molecule has 2 heterocycles. The lowest BCUT2D eigenvalue weighted by Gasteiger charge is -2.09. The summed E-state index contributed by atoms with van der Waals surface area (Å²) in [6.07, 6.45) is 3.55. The SMILES string of the molecule is O=c1cc(Oc2ccccc2)c2ccc(-c3cn[nH]c3)cc2[nH]1. The molecule has 0 aliphatic heterocycles. The molecule has 112 valence electrons. The molecule has 23 heavy (non-hydrogen) atoms. The van der Waals surface area contributed by atoms with E-state index in [1.54, 1.807) is 6.20 Å². The van der Waals surface area contributed by atoms with Crippen LogP contribution in [0.4, 0.5) is 0 Å². The summed E-state index contributed by atoms with van der Waals surface area (Å²) in [5, 5.41) is 7.58. The number of hydrogen-bond donors (Lipinski definition) is 2. The molecule has 5 heteroatoms. The van der Waals surface area contributed by atoms with E-state index in [1.165, 1.54) is 6.07 Å². The van der Waals surface area contributed by atoms with Crippen LogP contribution < -0.4 is 10.3 Å². The van der Waals surface area contributed by atoms with Gasteiger partial charge in [0, 0.05) is 23.2 Å². The number of pyridine rings is 1. The molecule has 0 aliphatic carbocycles. The molecule has 0 saturated heterocycles. The van der Waals surface area contributed by atoms with Crippen LogP contribution in [0.25, 0.3) is 22.0 Å². The van der Waals surface area contributed by atoms with Gasteiger partial charge in [-0.15, -0.1) is 0 Å². The third-order valence-electron chi connectivity index (χ3n) is 3.61. The van der Waals surface area contributed by atoms with Gasteiger partial charge in [0.15, 0.2) is 0 Å². The fraction of sp³-hybridized carbons (Fsp3) is 0. The maximum absolute atomic E-state index is 11.9. The second kappa shape index (κ2) is 5.46. The van der Waals surface area contributed by atoms with Gasteiger partial charge in [0.05, 0.1) is 11.7 Å². The van der Waals surface area contributed by atoms with E-state index in [-0.39, 0.29) is 5.56 Å². The molecule has 4 rings (SSSR count). The first-order valence-electron chi connectivity index (χ1n) is 7.19. The first-order valence-corrected chi connectivity index (χ1v) is 7.19. The van der Waals surface area contributed by atoms with Gasteiger partial charge in [-0.3, -0.25) is 9.89 Å². The summed E-state index contributed by atoms with van der Waals surface area (Å²) >= 11 is 0. The van der Waals surface area contributed by atoms with Crippen molar-refractivity contribution in [1.82, 2.24) is 15.2 Å². The number of rotatable bonds is 3. The highest BCUT2D eigenvalue weighted by Crippen LogP contribution is 2.30.